The van der Waals surface area contributed by atoms with Gasteiger partial charge in [-0.15, -0.1) is 0 Å². The van der Waals surface area contributed by atoms with Crippen LogP contribution in [0.5, 0.6) is 0 Å². The van der Waals surface area contributed by atoms with Gasteiger partial charge in [0.2, 0.25) is 0 Å². The summed E-state index contributed by atoms with van der Waals surface area (Å²) in [5.74, 6) is 0. The second-order valence-corrected chi connectivity index (χ2v) is 1.79. The molecule has 0 radical (unpaired) electrons. The lowest BCUT2D eigenvalue weighted by atomic mass is 10.5. The Morgan fingerprint density at radius 2 is 2.33 bits per heavy atom. The summed E-state index contributed by atoms with van der Waals surface area (Å²) in [6, 6.07) is 0. The molecular weight excluding hydrogens is 114 g/mol. The second-order valence-electron chi connectivity index (χ2n) is 1.79. The van der Waals surface area contributed by atoms with Crippen LogP contribution in [0.15, 0.2) is 17.8 Å². The van der Waals surface area contributed by atoms with Crippen LogP contribution in [0.25, 0.3) is 0 Å². The van der Waals surface area contributed by atoms with E-state index in [9.17, 15) is 0 Å². The number of nitrogens with zero attached hydrogens (tertiary/aromatic N) is 1. The monoisotopic (exact) mass is 127 g/mol. The molecule has 0 aromatic carbocycles. The summed E-state index contributed by atoms with van der Waals surface area (Å²) in [6.45, 7) is 7.95. The predicted octanol–water partition coefficient (Wildman–Crippen LogP) is 0.662. The van der Waals surface area contributed by atoms with Crippen LogP contribution in [-0.2, 0) is 0 Å². The molecular formula is C6H13N3. The SMILES string of the molecule is C=CNNCN=C(C)C. The van der Waals surface area contributed by atoms with Gasteiger partial charge in [0.1, 0.15) is 6.67 Å². The Hall–Kier alpha value is -0.830. The fraction of sp³-hybridized carbons (Fsp3) is 0.500. The summed E-state index contributed by atoms with van der Waals surface area (Å²) in [6.07, 6.45) is 1.57. The van der Waals surface area contributed by atoms with Gasteiger partial charge >= 0.3 is 0 Å². The van der Waals surface area contributed by atoms with Gasteiger partial charge in [-0.1, -0.05) is 6.58 Å². The van der Waals surface area contributed by atoms with Crippen LogP contribution in [0.3, 0.4) is 0 Å². The highest BCUT2D eigenvalue weighted by molar-refractivity contribution is 5.78. The molecule has 2 N–H and O–H groups in total. The zero-order valence-electron chi connectivity index (χ0n) is 5.94. The third kappa shape index (κ3) is 7.17. The van der Waals surface area contributed by atoms with Crippen LogP contribution in [-0.4, -0.2) is 12.4 Å². The van der Waals surface area contributed by atoms with Crippen LogP contribution in [0, 0.1) is 0 Å². The number of hydrazine groups is 1. The number of hydrogen-bond donors (Lipinski definition) is 2. The Morgan fingerprint density at radius 1 is 1.67 bits per heavy atom. The van der Waals surface area contributed by atoms with E-state index in [1.807, 2.05) is 13.8 Å². The Morgan fingerprint density at radius 3 is 2.78 bits per heavy atom. The molecule has 3 nitrogen and oxygen atoms in total. The molecule has 0 rings (SSSR count). The summed E-state index contributed by atoms with van der Waals surface area (Å²) in [4.78, 5) is 4.06. The van der Waals surface area contributed by atoms with Crippen molar-refractivity contribution >= 4 is 5.71 Å². The van der Waals surface area contributed by atoms with Crippen molar-refractivity contribution in [2.24, 2.45) is 4.99 Å². The van der Waals surface area contributed by atoms with E-state index >= 15 is 0 Å². The molecule has 3 heteroatoms. The minimum Gasteiger partial charge on any atom is -0.328 e. The van der Waals surface area contributed by atoms with Crippen LogP contribution in [0.2, 0.25) is 0 Å². The summed E-state index contributed by atoms with van der Waals surface area (Å²) in [5.41, 5.74) is 6.58. The Bertz CT molecular complexity index is 103. The van der Waals surface area contributed by atoms with E-state index in [2.05, 4.69) is 22.4 Å². The van der Waals surface area contributed by atoms with Crippen molar-refractivity contribution in [2.75, 3.05) is 6.67 Å². The number of nitrogens with one attached hydrogen (secondary N) is 2. The van der Waals surface area contributed by atoms with Gasteiger partial charge in [0.25, 0.3) is 0 Å². The van der Waals surface area contributed by atoms with Crippen molar-refractivity contribution in [2.45, 2.75) is 13.8 Å². The predicted molar refractivity (Wildman–Crippen MR) is 40.1 cm³/mol. The normalized spacial score (nSPS) is 8.22. The lowest BCUT2D eigenvalue weighted by Gasteiger charge is -1.97. The first-order valence-corrected chi connectivity index (χ1v) is 2.84. The van der Waals surface area contributed by atoms with E-state index in [1.165, 1.54) is 0 Å². The maximum absolute atomic E-state index is 4.06. The van der Waals surface area contributed by atoms with E-state index in [4.69, 9.17) is 0 Å². The Balaban J connectivity index is 3.09. The minimum absolute atomic E-state index is 0.592. The average molecular weight is 127 g/mol. The first kappa shape index (κ1) is 8.17. The number of rotatable bonds is 4. The van der Waals surface area contributed by atoms with Crippen molar-refractivity contribution in [3.8, 4) is 0 Å². The quantitative estimate of drug-likeness (QED) is 0.331. The second kappa shape index (κ2) is 5.31. The van der Waals surface area contributed by atoms with Gasteiger partial charge in [-0.25, -0.2) is 5.43 Å². The van der Waals surface area contributed by atoms with Gasteiger partial charge in [-0.05, 0) is 13.8 Å². The van der Waals surface area contributed by atoms with Gasteiger partial charge in [-0.2, -0.15) is 0 Å². The molecule has 0 amide bonds. The van der Waals surface area contributed by atoms with Crippen molar-refractivity contribution < 1.29 is 0 Å². The number of aliphatic imine (C=N–C) groups is 1. The molecule has 9 heavy (non-hydrogen) atoms. The van der Waals surface area contributed by atoms with Crippen LogP contribution >= 0.6 is 0 Å². The molecule has 0 saturated heterocycles. The fourth-order valence-electron chi connectivity index (χ4n) is 0.315. The first-order chi connectivity index (χ1) is 4.27. The largest absolute Gasteiger partial charge is 0.328 e. The average Bonchev–Trinajstić information content (AvgIpc) is 1.80. The van der Waals surface area contributed by atoms with E-state index in [0.29, 0.717) is 6.67 Å². The molecule has 0 bridgehead atoms. The van der Waals surface area contributed by atoms with Gasteiger partial charge in [-0.3, -0.25) is 4.99 Å². The maximum Gasteiger partial charge on any atom is 0.105 e. The molecule has 0 spiro atoms. The van der Waals surface area contributed by atoms with E-state index in [1.54, 1.807) is 6.20 Å². The smallest absolute Gasteiger partial charge is 0.105 e. The van der Waals surface area contributed by atoms with Gasteiger partial charge in [0, 0.05) is 11.9 Å². The summed E-state index contributed by atoms with van der Waals surface area (Å²) in [7, 11) is 0. The Labute approximate surface area is 55.8 Å². The van der Waals surface area contributed by atoms with Crippen molar-refractivity contribution in [3.63, 3.8) is 0 Å². The van der Waals surface area contributed by atoms with Gasteiger partial charge < -0.3 is 5.43 Å². The molecule has 0 aliphatic carbocycles. The highest BCUT2D eigenvalue weighted by Gasteiger charge is 1.75. The minimum atomic E-state index is 0.592. The fourth-order valence-corrected chi connectivity index (χ4v) is 0.315. The lowest BCUT2D eigenvalue weighted by molar-refractivity contribution is 0.644. The molecule has 0 atom stereocenters. The van der Waals surface area contributed by atoms with Crippen molar-refractivity contribution in [3.05, 3.63) is 12.8 Å². The van der Waals surface area contributed by atoms with E-state index < -0.39 is 0 Å². The zero-order valence-corrected chi connectivity index (χ0v) is 5.94. The standard InChI is InChI=1S/C6H13N3/c1-4-8-9-5-7-6(2)3/h4,8-9H,1,5H2,2-3H3. The third-order valence-electron chi connectivity index (χ3n) is 0.678. The highest BCUT2D eigenvalue weighted by Crippen LogP contribution is 1.69. The van der Waals surface area contributed by atoms with Gasteiger partial charge in [0.15, 0.2) is 0 Å². The summed E-state index contributed by atoms with van der Waals surface area (Å²) >= 11 is 0. The lowest BCUT2D eigenvalue weighted by Crippen LogP contribution is -2.26. The number of hydrogen-bond acceptors (Lipinski definition) is 3. The molecule has 52 valence electrons. The third-order valence-corrected chi connectivity index (χ3v) is 0.678. The molecule has 0 fully saturated rings. The zero-order chi connectivity index (χ0) is 7.11. The summed E-state index contributed by atoms with van der Waals surface area (Å²) in [5, 5.41) is 0. The topological polar surface area (TPSA) is 36.4 Å². The van der Waals surface area contributed by atoms with Gasteiger partial charge in [0.05, 0.1) is 0 Å². The highest BCUT2D eigenvalue weighted by atomic mass is 15.4. The van der Waals surface area contributed by atoms with Crippen molar-refractivity contribution in [1.29, 1.82) is 0 Å². The van der Waals surface area contributed by atoms with Crippen LogP contribution in [0.4, 0.5) is 0 Å². The van der Waals surface area contributed by atoms with Crippen LogP contribution in [0.1, 0.15) is 13.8 Å². The van der Waals surface area contributed by atoms with E-state index in [-0.39, 0.29) is 0 Å². The first-order valence-electron chi connectivity index (χ1n) is 2.84. The Kier molecular flexibility index (Phi) is 4.82. The molecule has 0 heterocycles. The maximum atomic E-state index is 4.06. The van der Waals surface area contributed by atoms with Crippen LogP contribution < -0.4 is 10.9 Å². The molecule has 0 unspecified atom stereocenters. The molecule has 0 aromatic heterocycles. The molecule has 0 saturated carbocycles. The summed E-state index contributed by atoms with van der Waals surface area (Å²) < 4.78 is 0. The molecule has 0 aromatic rings. The molecule has 0 aliphatic heterocycles. The van der Waals surface area contributed by atoms with E-state index in [0.717, 1.165) is 5.71 Å². The van der Waals surface area contributed by atoms with Crippen molar-refractivity contribution in [1.82, 2.24) is 10.9 Å². The molecule has 0 aliphatic rings.